The summed E-state index contributed by atoms with van der Waals surface area (Å²) in [5.74, 6) is 0.760. The van der Waals surface area contributed by atoms with Gasteiger partial charge in [-0.15, -0.1) is 0 Å². The Morgan fingerprint density at radius 2 is 1.89 bits per heavy atom. The van der Waals surface area contributed by atoms with Gasteiger partial charge in [-0.2, -0.15) is 0 Å². The van der Waals surface area contributed by atoms with Crippen molar-refractivity contribution in [1.82, 2.24) is 5.32 Å². The quantitative estimate of drug-likeness (QED) is 0.807. The van der Waals surface area contributed by atoms with Gasteiger partial charge >= 0.3 is 0 Å². The molecule has 2 aliphatic rings. The SMILES string of the molecule is CC(C)(C)[C@H](N)C(=O)NC1CC2CCC1(C)C2(C)C. The standard InChI is InChI=1S/C16H30N2O/c1-14(2,3)12(17)13(19)18-11-9-10-7-8-16(11,6)15(10,4)5/h10-12H,7-9,17H2,1-6H3,(H,18,19)/t10?,11?,12-,16?/m1/s1. The van der Waals surface area contributed by atoms with Crippen molar-refractivity contribution in [1.29, 1.82) is 0 Å². The summed E-state index contributed by atoms with van der Waals surface area (Å²) in [6.45, 7) is 13.1. The first-order valence-electron chi connectivity index (χ1n) is 7.56. The van der Waals surface area contributed by atoms with E-state index < -0.39 is 6.04 Å². The second kappa shape index (κ2) is 4.21. The summed E-state index contributed by atoms with van der Waals surface area (Å²) in [7, 11) is 0. The molecule has 0 aromatic carbocycles. The van der Waals surface area contributed by atoms with Gasteiger partial charge in [0.25, 0.3) is 0 Å². The molecule has 4 atom stereocenters. The van der Waals surface area contributed by atoms with Crippen molar-refractivity contribution in [3.63, 3.8) is 0 Å². The highest BCUT2D eigenvalue weighted by molar-refractivity contribution is 5.82. The summed E-state index contributed by atoms with van der Waals surface area (Å²) in [6, 6.07) is -0.138. The number of nitrogens with two attached hydrogens (primary N) is 1. The molecule has 2 fully saturated rings. The van der Waals surface area contributed by atoms with Crippen LogP contribution in [-0.4, -0.2) is 18.0 Å². The fourth-order valence-corrected chi connectivity index (χ4v) is 4.08. The molecule has 2 saturated carbocycles. The van der Waals surface area contributed by atoms with Crippen LogP contribution in [-0.2, 0) is 4.79 Å². The molecule has 1 amide bonds. The van der Waals surface area contributed by atoms with Gasteiger partial charge in [-0.05, 0) is 41.4 Å². The fraction of sp³-hybridized carbons (Fsp3) is 0.938. The third-order valence-electron chi connectivity index (χ3n) is 6.33. The normalized spacial score (nSPS) is 38.3. The van der Waals surface area contributed by atoms with Crippen molar-refractivity contribution in [2.45, 2.75) is 72.9 Å². The predicted octanol–water partition coefficient (Wildman–Crippen LogP) is 2.69. The summed E-state index contributed by atoms with van der Waals surface area (Å²) in [6.07, 6.45) is 3.65. The number of rotatable bonds is 2. The van der Waals surface area contributed by atoms with E-state index in [1.165, 1.54) is 12.8 Å². The Morgan fingerprint density at radius 1 is 1.32 bits per heavy atom. The van der Waals surface area contributed by atoms with Gasteiger partial charge in [0.15, 0.2) is 0 Å². The number of carbonyl (C=O) groups excluding carboxylic acids is 1. The molecule has 2 aliphatic carbocycles. The van der Waals surface area contributed by atoms with E-state index in [-0.39, 0.29) is 16.7 Å². The van der Waals surface area contributed by atoms with Crippen LogP contribution in [0.5, 0.6) is 0 Å². The Kier molecular flexibility index (Phi) is 3.29. The molecule has 3 nitrogen and oxygen atoms in total. The summed E-state index contributed by atoms with van der Waals surface area (Å²) in [5.41, 5.74) is 6.44. The van der Waals surface area contributed by atoms with E-state index in [0.29, 0.717) is 11.5 Å². The number of hydrogen-bond donors (Lipinski definition) is 2. The van der Waals surface area contributed by atoms with Gasteiger partial charge < -0.3 is 11.1 Å². The first-order valence-corrected chi connectivity index (χ1v) is 7.56. The molecule has 0 aromatic heterocycles. The van der Waals surface area contributed by atoms with Crippen LogP contribution in [0, 0.1) is 22.2 Å². The van der Waals surface area contributed by atoms with Crippen molar-refractivity contribution in [3.05, 3.63) is 0 Å². The van der Waals surface area contributed by atoms with Gasteiger partial charge in [0, 0.05) is 6.04 Å². The minimum atomic E-state index is -0.432. The van der Waals surface area contributed by atoms with Crippen LogP contribution >= 0.6 is 0 Å². The summed E-state index contributed by atoms with van der Waals surface area (Å²) in [4.78, 5) is 12.3. The van der Waals surface area contributed by atoms with Crippen LogP contribution in [0.15, 0.2) is 0 Å². The highest BCUT2D eigenvalue weighted by Crippen LogP contribution is 2.65. The van der Waals surface area contributed by atoms with Gasteiger partial charge in [-0.25, -0.2) is 0 Å². The molecule has 110 valence electrons. The van der Waals surface area contributed by atoms with E-state index in [1.54, 1.807) is 0 Å². The third-order valence-corrected chi connectivity index (χ3v) is 6.33. The fourth-order valence-electron chi connectivity index (χ4n) is 4.08. The first-order chi connectivity index (χ1) is 8.50. The van der Waals surface area contributed by atoms with E-state index in [9.17, 15) is 4.79 Å². The van der Waals surface area contributed by atoms with Crippen LogP contribution in [0.3, 0.4) is 0 Å². The number of amides is 1. The van der Waals surface area contributed by atoms with Crippen molar-refractivity contribution >= 4 is 5.91 Å². The molecule has 2 rings (SSSR count). The molecule has 3 N–H and O–H groups in total. The molecule has 0 aromatic rings. The molecular formula is C16H30N2O. The molecule has 0 heterocycles. The van der Waals surface area contributed by atoms with Gasteiger partial charge in [-0.1, -0.05) is 41.5 Å². The Bertz CT molecular complexity index is 383. The second-order valence-corrected chi connectivity index (χ2v) is 8.52. The Hall–Kier alpha value is -0.570. The van der Waals surface area contributed by atoms with Crippen LogP contribution in [0.25, 0.3) is 0 Å². The molecule has 19 heavy (non-hydrogen) atoms. The van der Waals surface area contributed by atoms with Crippen LogP contribution in [0.1, 0.15) is 60.8 Å². The average molecular weight is 266 g/mol. The maximum atomic E-state index is 12.3. The van der Waals surface area contributed by atoms with Crippen molar-refractivity contribution in [3.8, 4) is 0 Å². The maximum Gasteiger partial charge on any atom is 0.237 e. The van der Waals surface area contributed by atoms with E-state index in [2.05, 4.69) is 26.1 Å². The smallest absolute Gasteiger partial charge is 0.237 e. The highest BCUT2D eigenvalue weighted by atomic mass is 16.2. The Labute approximate surface area is 117 Å². The molecule has 0 spiro atoms. The zero-order valence-electron chi connectivity index (χ0n) is 13.3. The van der Waals surface area contributed by atoms with Crippen LogP contribution < -0.4 is 11.1 Å². The minimum Gasteiger partial charge on any atom is -0.351 e. The molecule has 3 heteroatoms. The lowest BCUT2D eigenvalue weighted by Gasteiger charge is -2.40. The topological polar surface area (TPSA) is 55.1 Å². The van der Waals surface area contributed by atoms with E-state index in [1.807, 2.05) is 20.8 Å². The average Bonchev–Trinajstić information content (AvgIpc) is 2.59. The lowest BCUT2D eigenvalue weighted by molar-refractivity contribution is -0.126. The van der Waals surface area contributed by atoms with Crippen molar-refractivity contribution in [2.24, 2.45) is 27.9 Å². The van der Waals surface area contributed by atoms with Gasteiger partial charge in [0.1, 0.15) is 0 Å². The Morgan fingerprint density at radius 3 is 2.26 bits per heavy atom. The van der Waals surface area contributed by atoms with E-state index >= 15 is 0 Å². The first kappa shape index (κ1) is 14.8. The zero-order chi connectivity index (χ0) is 14.6. The third kappa shape index (κ3) is 2.10. The van der Waals surface area contributed by atoms with Gasteiger partial charge in [0.05, 0.1) is 6.04 Å². The lowest BCUT2D eigenvalue weighted by Crippen LogP contribution is -2.55. The number of nitrogens with one attached hydrogen (secondary N) is 1. The van der Waals surface area contributed by atoms with Crippen LogP contribution in [0.4, 0.5) is 0 Å². The van der Waals surface area contributed by atoms with Crippen LogP contribution in [0.2, 0.25) is 0 Å². The number of fused-ring (bicyclic) bond motifs is 2. The molecule has 0 aliphatic heterocycles. The Balaban J connectivity index is 2.09. The monoisotopic (exact) mass is 266 g/mol. The number of carbonyl (C=O) groups is 1. The minimum absolute atomic E-state index is 0.0158. The van der Waals surface area contributed by atoms with E-state index in [4.69, 9.17) is 5.73 Å². The second-order valence-electron chi connectivity index (χ2n) is 8.52. The molecule has 2 bridgehead atoms. The summed E-state index contributed by atoms with van der Waals surface area (Å²) < 4.78 is 0. The summed E-state index contributed by atoms with van der Waals surface area (Å²) >= 11 is 0. The van der Waals surface area contributed by atoms with Crippen molar-refractivity contribution in [2.75, 3.05) is 0 Å². The maximum absolute atomic E-state index is 12.3. The van der Waals surface area contributed by atoms with Crippen molar-refractivity contribution < 1.29 is 4.79 Å². The molecular weight excluding hydrogens is 236 g/mol. The van der Waals surface area contributed by atoms with E-state index in [0.717, 1.165) is 12.3 Å². The van der Waals surface area contributed by atoms with Gasteiger partial charge in [0.2, 0.25) is 5.91 Å². The largest absolute Gasteiger partial charge is 0.351 e. The summed E-state index contributed by atoms with van der Waals surface area (Å²) in [5, 5.41) is 3.25. The predicted molar refractivity (Wildman–Crippen MR) is 78.6 cm³/mol. The lowest BCUT2D eigenvalue weighted by atomic mass is 9.69. The number of hydrogen-bond acceptors (Lipinski definition) is 2. The molecule has 0 radical (unpaired) electrons. The molecule has 0 saturated heterocycles. The molecule has 3 unspecified atom stereocenters. The highest BCUT2D eigenvalue weighted by Gasteiger charge is 2.61. The van der Waals surface area contributed by atoms with Gasteiger partial charge in [-0.3, -0.25) is 4.79 Å². The zero-order valence-corrected chi connectivity index (χ0v) is 13.3.